The van der Waals surface area contributed by atoms with Crippen molar-refractivity contribution in [3.8, 4) is 0 Å². The van der Waals surface area contributed by atoms with E-state index in [0.29, 0.717) is 12.1 Å². The van der Waals surface area contributed by atoms with E-state index in [9.17, 15) is 4.79 Å². The van der Waals surface area contributed by atoms with Gasteiger partial charge in [-0.15, -0.1) is 11.6 Å². The van der Waals surface area contributed by atoms with Gasteiger partial charge in [-0.05, 0) is 23.3 Å². The zero-order valence-corrected chi connectivity index (χ0v) is 9.94. The summed E-state index contributed by atoms with van der Waals surface area (Å²) >= 11 is 8.77. The first-order chi connectivity index (χ1) is 6.65. The number of rotatable bonds is 4. The third kappa shape index (κ3) is 3.31. The SMILES string of the molecule is Nc1cc(CBr)cc(CC(=O)CCl)c1. The molecule has 0 fully saturated rings. The zero-order chi connectivity index (χ0) is 10.6. The molecule has 0 spiro atoms. The summed E-state index contributed by atoms with van der Waals surface area (Å²) in [5.74, 6) is 0.0659. The molecule has 2 nitrogen and oxygen atoms in total. The average Bonchev–Trinajstić information content (AvgIpc) is 2.16. The first-order valence-corrected chi connectivity index (χ1v) is 5.83. The summed E-state index contributed by atoms with van der Waals surface area (Å²) in [4.78, 5) is 11.1. The predicted octanol–water partition coefficient (Wildman–Crippen LogP) is 2.51. The summed E-state index contributed by atoms with van der Waals surface area (Å²) in [7, 11) is 0. The molecule has 0 aliphatic heterocycles. The number of Topliss-reactive ketones (excluding diaryl/α,β-unsaturated/α-hetero) is 1. The van der Waals surface area contributed by atoms with Crippen LogP contribution in [0.15, 0.2) is 18.2 Å². The van der Waals surface area contributed by atoms with Gasteiger partial charge in [-0.2, -0.15) is 0 Å². The van der Waals surface area contributed by atoms with Crippen molar-refractivity contribution in [1.82, 2.24) is 0 Å². The Labute approximate surface area is 96.6 Å². The lowest BCUT2D eigenvalue weighted by molar-refractivity contribution is -0.116. The summed E-state index contributed by atoms with van der Waals surface area (Å²) < 4.78 is 0. The Morgan fingerprint density at radius 2 is 2.00 bits per heavy atom. The highest BCUT2D eigenvalue weighted by atomic mass is 79.9. The van der Waals surface area contributed by atoms with Gasteiger partial charge in [-0.25, -0.2) is 0 Å². The van der Waals surface area contributed by atoms with Crippen LogP contribution < -0.4 is 5.73 Å². The topological polar surface area (TPSA) is 43.1 Å². The third-order valence-electron chi connectivity index (χ3n) is 1.78. The molecule has 0 heterocycles. The minimum Gasteiger partial charge on any atom is -0.399 e. The van der Waals surface area contributed by atoms with Crippen LogP contribution in [0, 0.1) is 0 Å². The van der Waals surface area contributed by atoms with E-state index in [4.69, 9.17) is 17.3 Å². The standard InChI is InChI=1S/C10H11BrClNO/c11-5-8-1-7(2-9(13)3-8)4-10(14)6-12/h1-3H,4-6,13H2. The lowest BCUT2D eigenvalue weighted by Gasteiger charge is -2.04. The molecule has 1 aromatic carbocycles. The van der Waals surface area contributed by atoms with E-state index in [2.05, 4.69) is 15.9 Å². The molecule has 0 unspecified atom stereocenters. The number of nitrogen functional groups attached to an aromatic ring is 1. The fourth-order valence-corrected chi connectivity index (χ4v) is 1.66. The average molecular weight is 277 g/mol. The van der Waals surface area contributed by atoms with Crippen molar-refractivity contribution >= 4 is 39.0 Å². The maximum atomic E-state index is 11.1. The second-order valence-corrected chi connectivity index (χ2v) is 3.89. The van der Waals surface area contributed by atoms with E-state index >= 15 is 0 Å². The summed E-state index contributed by atoms with van der Waals surface area (Å²) in [6.45, 7) is 0. The first-order valence-electron chi connectivity index (χ1n) is 4.17. The zero-order valence-electron chi connectivity index (χ0n) is 7.59. The van der Waals surface area contributed by atoms with Gasteiger partial charge in [0, 0.05) is 17.4 Å². The molecule has 0 aliphatic rings. The lowest BCUT2D eigenvalue weighted by atomic mass is 10.1. The van der Waals surface area contributed by atoms with Gasteiger partial charge in [0.1, 0.15) is 0 Å². The number of alkyl halides is 2. The molecule has 0 aliphatic carbocycles. The molecule has 0 bridgehead atoms. The fraction of sp³-hybridized carbons (Fsp3) is 0.300. The van der Waals surface area contributed by atoms with Gasteiger partial charge in [0.2, 0.25) is 0 Å². The van der Waals surface area contributed by atoms with Crippen LogP contribution in [0.4, 0.5) is 5.69 Å². The summed E-state index contributed by atoms with van der Waals surface area (Å²) in [6.07, 6.45) is 0.356. The summed E-state index contributed by atoms with van der Waals surface area (Å²) in [6, 6.07) is 5.63. The van der Waals surface area contributed by atoms with Crippen molar-refractivity contribution in [3.63, 3.8) is 0 Å². The molecule has 0 saturated carbocycles. The number of carbonyl (C=O) groups is 1. The van der Waals surface area contributed by atoms with Gasteiger partial charge in [0.25, 0.3) is 0 Å². The largest absolute Gasteiger partial charge is 0.399 e. The lowest BCUT2D eigenvalue weighted by Crippen LogP contribution is -2.04. The highest BCUT2D eigenvalue weighted by molar-refractivity contribution is 9.08. The van der Waals surface area contributed by atoms with Crippen molar-refractivity contribution in [2.75, 3.05) is 11.6 Å². The van der Waals surface area contributed by atoms with Crippen molar-refractivity contribution < 1.29 is 4.79 Å². The minimum atomic E-state index is 0.0118. The Kier molecular flexibility index (Phi) is 4.42. The molecule has 0 radical (unpaired) electrons. The van der Waals surface area contributed by atoms with Crippen molar-refractivity contribution in [2.24, 2.45) is 0 Å². The second-order valence-electron chi connectivity index (χ2n) is 3.07. The van der Waals surface area contributed by atoms with E-state index in [1.807, 2.05) is 12.1 Å². The van der Waals surface area contributed by atoms with E-state index in [0.717, 1.165) is 16.5 Å². The molecule has 0 atom stereocenters. The number of benzene rings is 1. The summed E-state index contributed by atoms with van der Waals surface area (Å²) in [5.41, 5.74) is 8.36. The van der Waals surface area contributed by atoms with Crippen LogP contribution in [-0.2, 0) is 16.5 Å². The summed E-state index contributed by atoms with van der Waals surface area (Å²) in [5, 5.41) is 0.736. The van der Waals surface area contributed by atoms with Crippen molar-refractivity contribution in [1.29, 1.82) is 0 Å². The van der Waals surface area contributed by atoms with Gasteiger partial charge < -0.3 is 5.73 Å². The molecule has 0 amide bonds. The van der Waals surface area contributed by atoms with Gasteiger partial charge in [0.15, 0.2) is 5.78 Å². The molecule has 0 aromatic heterocycles. The van der Waals surface area contributed by atoms with Gasteiger partial charge >= 0.3 is 0 Å². The number of nitrogens with two attached hydrogens (primary N) is 1. The van der Waals surface area contributed by atoms with Crippen LogP contribution in [-0.4, -0.2) is 11.7 Å². The molecular weight excluding hydrogens is 265 g/mol. The molecule has 1 rings (SSSR count). The number of hydrogen-bond acceptors (Lipinski definition) is 2. The normalized spacial score (nSPS) is 10.1. The molecule has 76 valence electrons. The molecule has 4 heteroatoms. The second kappa shape index (κ2) is 5.37. The molecule has 14 heavy (non-hydrogen) atoms. The van der Waals surface area contributed by atoms with Crippen LogP contribution in [0.3, 0.4) is 0 Å². The Bertz CT molecular complexity index is 341. The number of carbonyl (C=O) groups excluding carboxylic acids is 1. The Hall–Kier alpha value is -0.540. The number of hydrogen-bond donors (Lipinski definition) is 1. The van der Waals surface area contributed by atoms with Crippen LogP contribution in [0.2, 0.25) is 0 Å². The van der Waals surface area contributed by atoms with Crippen molar-refractivity contribution in [2.45, 2.75) is 11.8 Å². The number of anilines is 1. The van der Waals surface area contributed by atoms with Gasteiger partial charge in [0.05, 0.1) is 5.88 Å². The number of halogens is 2. The maximum absolute atomic E-state index is 11.1. The monoisotopic (exact) mass is 275 g/mol. The Balaban J connectivity index is 2.86. The third-order valence-corrected chi connectivity index (χ3v) is 2.73. The molecular formula is C10H11BrClNO. The molecule has 2 N–H and O–H groups in total. The fourth-order valence-electron chi connectivity index (χ4n) is 1.25. The minimum absolute atomic E-state index is 0.0118. The van der Waals surface area contributed by atoms with E-state index in [1.165, 1.54) is 0 Å². The van der Waals surface area contributed by atoms with E-state index < -0.39 is 0 Å². The van der Waals surface area contributed by atoms with E-state index in [-0.39, 0.29) is 11.7 Å². The maximum Gasteiger partial charge on any atom is 0.151 e. The van der Waals surface area contributed by atoms with Crippen LogP contribution in [0.1, 0.15) is 11.1 Å². The van der Waals surface area contributed by atoms with Crippen molar-refractivity contribution in [3.05, 3.63) is 29.3 Å². The Morgan fingerprint density at radius 3 is 2.57 bits per heavy atom. The molecule has 0 saturated heterocycles. The highest BCUT2D eigenvalue weighted by Gasteiger charge is 2.04. The smallest absolute Gasteiger partial charge is 0.151 e. The van der Waals surface area contributed by atoms with Gasteiger partial charge in [-0.3, -0.25) is 4.79 Å². The first kappa shape index (κ1) is 11.5. The predicted molar refractivity (Wildman–Crippen MR) is 62.9 cm³/mol. The van der Waals surface area contributed by atoms with Crippen LogP contribution >= 0.6 is 27.5 Å². The van der Waals surface area contributed by atoms with Crippen LogP contribution in [0.25, 0.3) is 0 Å². The highest BCUT2D eigenvalue weighted by Crippen LogP contribution is 2.15. The van der Waals surface area contributed by atoms with E-state index in [1.54, 1.807) is 6.07 Å². The molecule has 1 aromatic rings. The quantitative estimate of drug-likeness (QED) is 0.678. The van der Waals surface area contributed by atoms with Gasteiger partial charge in [-0.1, -0.05) is 22.0 Å². The number of ketones is 1. The Morgan fingerprint density at radius 1 is 1.36 bits per heavy atom. The van der Waals surface area contributed by atoms with Crippen LogP contribution in [0.5, 0.6) is 0 Å².